The molecule has 2 atom stereocenters. The van der Waals surface area contributed by atoms with Crippen LogP contribution in [0.25, 0.3) is 0 Å². The highest BCUT2D eigenvalue weighted by molar-refractivity contribution is 5.92. The van der Waals surface area contributed by atoms with Gasteiger partial charge in [0.15, 0.2) is 5.69 Å². The van der Waals surface area contributed by atoms with Crippen molar-refractivity contribution < 1.29 is 14.4 Å². The molecule has 0 saturated carbocycles. The molecule has 1 aromatic rings. The number of rotatable bonds is 1. The molecule has 2 heterocycles. The summed E-state index contributed by atoms with van der Waals surface area (Å²) >= 11 is 0. The predicted molar refractivity (Wildman–Crippen MR) is 56.9 cm³/mol. The van der Waals surface area contributed by atoms with Crippen molar-refractivity contribution in [3.8, 4) is 0 Å². The van der Waals surface area contributed by atoms with Crippen molar-refractivity contribution in [2.45, 2.75) is 26.4 Å². The number of aliphatic hydroxyl groups is 1. The van der Waals surface area contributed by atoms with Crippen molar-refractivity contribution in [2.75, 3.05) is 13.1 Å². The number of likely N-dealkylation sites (tertiary alicyclic amines) is 1. The third kappa shape index (κ3) is 2.09. The summed E-state index contributed by atoms with van der Waals surface area (Å²) in [6.45, 7) is 4.85. The van der Waals surface area contributed by atoms with Crippen LogP contribution < -0.4 is 0 Å². The van der Waals surface area contributed by atoms with Crippen LogP contribution in [-0.4, -0.2) is 40.3 Å². The maximum atomic E-state index is 12.0. The Labute approximate surface area is 94.0 Å². The standard InChI is InChI=1S/C11H16N2O3/c1-7-6-13(4-3-10(7)14)11(15)9-5-8(2)16-12-9/h5,7,10,14H,3-4,6H2,1-2H3. The Hall–Kier alpha value is -1.36. The first kappa shape index (κ1) is 11.1. The van der Waals surface area contributed by atoms with E-state index < -0.39 is 0 Å². The topological polar surface area (TPSA) is 66.6 Å². The van der Waals surface area contributed by atoms with Gasteiger partial charge in [-0.25, -0.2) is 0 Å². The van der Waals surface area contributed by atoms with E-state index in [2.05, 4.69) is 5.16 Å². The van der Waals surface area contributed by atoms with Crippen molar-refractivity contribution >= 4 is 5.91 Å². The van der Waals surface area contributed by atoms with E-state index in [1.165, 1.54) is 0 Å². The number of carbonyl (C=O) groups is 1. The van der Waals surface area contributed by atoms with Gasteiger partial charge in [-0.2, -0.15) is 0 Å². The second-order valence-electron chi connectivity index (χ2n) is 4.41. The molecular weight excluding hydrogens is 208 g/mol. The largest absolute Gasteiger partial charge is 0.393 e. The van der Waals surface area contributed by atoms with Gasteiger partial charge in [0.1, 0.15) is 5.76 Å². The summed E-state index contributed by atoms with van der Waals surface area (Å²) in [5.41, 5.74) is 0.348. The summed E-state index contributed by atoms with van der Waals surface area (Å²) in [5.74, 6) is 0.634. The summed E-state index contributed by atoms with van der Waals surface area (Å²) in [7, 11) is 0. The van der Waals surface area contributed by atoms with Gasteiger partial charge in [0.25, 0.3) is 5.91 Å². The zero-order valence-electron chi connectivity index (χ0n) is 9.51. The number of aliphatic hydroxyl groups excluding tert-OH is 1. The molecular formula is C11H16N2O3. The molecule has 1 aliphatic rings. The molecule has 16 heavy (non-hydrogen) atoms. The molecule has 0 aliphatic carbocycles. The lowest BCUT2D eigenvalue weighted by Crippen LogP contribution is -2.45. The molecule has 2 rings (SSSR count). The Morgan fingerprint density at radius 1 is 1.69 bits per heavy atom. The van der Waals surface area contributed by atoms with E-state index in [-0.39, 0.29) is 17.9 Å². The monoisotopic (exact) mass is 224 g/mol. The van der Waals surface area contributed by atoms with Crippen molar-refractivity contribution in [2.24, 2.45) is 5.92 Å². The maximum absolute atomic E-state index is 12.0. The van der Waals surface area contributed by atoms with Gasteiger partial charge in [-0.1, -0.05) is 12.1 Å². The van der Waals surface area contributed by atoms with Crippen LogP contribution in [-0.2, 0) is 0 Å². The quantitative estimate of drug-likeness (QED) is 0.767. The lowest BCUT2D eigenvalue weighted by molar-refractivity contribution is 0.0292. The molecule has 1 aliphatic heterocycles. The third-order valence-corrected chi connectivity index (χ3v) is 2.99. The molecule has 2 unspecified atom stereocenters. The van der Waals surface area contributed by atoms with Gasteiger partial charge in [-0.05, 0) is 19.3 Å². The van der Waals surface area contributed by atoms with Gasteiger partial charge >= 0.3 is 0 Å². The number of aromatic nitrogens is 1. The second-order valence-corrected chi connectivity index (χ2v) is 4.41. The van der Waals surface area contributed by atoms with Crippen molar-refractivity contribution in [3.05, 3.63) is 17.5 Å². The maximum Gasteiger partial charge on any atom is 0.276 e. The Kier molecular flexibility index (Phi) is 2.96. The highest BCUT2D eigenvalue weighted by Crippen LogP contribution is 2.18. The molecule has 1 saturated heterocycles. The van der Waals surface area contributed by atoms with Gasteiger partial charge < -0.3 is 14.5 Å². The highest BCUT2D eigenvalue weighted by Gasteiger charge is 2.28. The third-order valence-electron chi connectivity index (χ3n) is 2.99. The fourth-order valence-electron chi connectivity index (χ4n) is 1.95. The molecule has 1 fully saturated rings. The van der Waals surface area contributed by atoms with Crippen LogP contribution in [0.2, 0.25) is 0 Å². The van der Waals surface area contributed by atoms with E-state index in [1.54, 1.807) is 17.9 Å². The molecule has 0 bridgehead atoms. The first-order valence-electron chi connectivity index (χ1n) is 5.48. The summed E-state index contributed by atoms with van der Waals surface area (Å²) < 4.78 is 4.88. The number of nitrogens with zero attached hydrogens (tertiary/aromatic N) is 2. The first-order valence-corrected chi connectivity index (χ1v) is 5.48. The Morgan fingerprint density at radius 2 is 2.44 bits per heavy atom. The van der Waals surface area contributed by atoms with E-state index >= 15 is 0 Å². The molecule has 88 valence electrons. The number of hydrogen-bond donors (Lipinski definition) is 1. The summed E-state index contributed by atoms with van der Waals surface area (Å²) in [4.78, 5) is 13.7. The Bertz CT molecular complexity index is 388. The van der Waals surface area contributed by atoms with Crippen LogP contribution in [0.4, 0.5) is 0 Å². The van der Waals surface area contributed by atoms with Gasteiger partial charge in [0, 0.05) is 19.2 Å². The molecule has 1 aromatic heterocycles. The molecule has 1 amide bonds. The highest BCUT2D eigenvalue weighted by atomic mass is 16.5. The SMILES string of the molecule is Cc1cc(C(=O)N2CCC(O)C(C)C2)no1. The minimum atomic E-state index is -0.303. The normalized spacial score (nSPS) is 25.8. The molecule has 0 radical (unpaired) electrons. The number of hydrogen-bond acceptors (Lipinski definition) is 4. The number of amides is 1. The Balaban J connectivity index is 2.06. The fraction of sp³-hybridized carbons (Fsp3) is 0.636. The smallest absolute Gasteiger partial charge is 0.276 e. The van der Waals surface area contributed by atoms with Crippen LogP contribution >= 0.6 is 0 Å². The predicted octanol–water partition coefficient (Wildman–Crippen LogP) is 0.826. The molecule has 0 aromatic carbocycles. The zero-order chi connectivity index (χ0) is 11.7. The zero-order valence-corrected chi connectivity index (χ0v) is 9.51. The van der Waals surface area contributed by atoms with Crippen molar-refractivity contribution in [3.63, 3.8) is 0 Å². The summed E-state index contributed by atoms with van der Waals surface area (Å²) in [6, 6.07) is 1.64. The van der Waals surface area contributed by atoms with E-state index in [1.807, 2.05) is 6.92 Å². The van der Waals surface area contributed by atoms with Crippen LogP contribution in [0.3, 0.4) is 0 Å². The minimum Gasteiger partial charge on any atom is -0.393 e. The minimum absolute atomic E-state index is 0.115. The molecule has 5 heteroatoms. The number of piperidine rings is 1. The first-order chi connectivity index (χ1) is 7.58. The van der Waals surface area contributed by atoms with Gasteiger partial charge in [0.05, 0.1) is 6.10 Å². The van der Waals surface area contributed by atoms with Gasteiger partial charge in [0.2, 0.25) is 0 Å². The average Bonchev–Trinajstić information content (AvgIpc) is 2.68. The van der Waals surface area contributed by atoms with Crippen molar-refractivity contribution in [1.82, 2.24) is 10.1 Å². The van der Waals surface area contributed by atoms with Crippen LogP contribution in [0.5, 0.6) is 0 Å². The summed E-state index contributed by atoms with van der Waals surface area (Å²) in [5, 5.41) is 13.3. The molecule has 1 N–H and O–H groups in total. The van der Waals surface area contributed by atoms with E-state index in [0.29, 0.717) is 31.0 Å². The van der Waals surface area contributed by atoms with E-state index in [0.717, 1.165) is 0 Å². The van der Waals surface area contributed by atoms with Crippen LogP contribution in [0.1, 0.15) is 29.6 Å². The van der Waals surface area contributed by atoms with Gasteiger partial charge in [-0.3, -0.25) is 4.79 Å². The fourth-order valence-corrected chi connectivity index (χ4v) is 1.95. The van der Waals surface area contributed by atoms with Crippen LogP contribution in [0, 0.1) is 12.8 Å². The van der Waals surface area contributed by atoms with E-state index in [4.69, 9.17) is 4.52 Å². The van der Waals surface area contributed by atoms with Crippen LogP contribution in [0.15, 0.2) is 10.6 Å². The lowest BCUT2D eigenvalue weighted by Gasteiger charge is -2.33. The Morgan fingerprint density at radius 3 is 3.00 bits per heavy atom. The van der Waals surface area contributed by atoms with E-state index in [9.17, 15) is 9.90 Å². The van der Waals surface area contributed by atoms with Crippen molar-refractivity contribution in [1.29, 1.82) is 0 Å². The van der Waals surface area contributed by atoms with Gasteiger partial charge in [-0.15, -0.1) is 0 Å². The number of carbonyl (C=O) groups excluding carboxylic acids is 1. The lowest BCUT2D eigenvalue weighted by atomic mass is 9.96. The second kappa shape index (κ2) is 4.25. The number of aryl methyl sites for hydroxylation is 1. The molecule has 0 spiro atoms. The summed E-state index contributed by atoms with van der Waals surface area (Å²) in [6.07, 6.45) is 0.326. The molecule has 5 nitrogen and oxygen atoms in total. The average molecular weight is 224 g/mol.